The third kappa shape index (κ3) is 3.70. The highest BCUT2D eigenvalue weighted by molar-refractivity contribution is 9.10. The number of nitrogens with zero attached hydrogens (tertiary/aromatic N) is 3. The molecular formula is C24H24BrN3O2. The van der Waals surface area contributed by atoms with E-state index in [0.29, 0.717) is 0 Å². The minimum atomic E-state index is 0.0896. The van der Waals surface area contributed by atoms with Gasteiger partial charge in [-0.3, -0.25) is 14.7 Å². The Bertz CT molecular complexity index is 1120. The smallest absolute Gasteiger partial charge is 0.254 e. The second-order valence-corrected chi connectivity index (χ2v) is 8.91. The Morgan fingerprint density at radius 3 is 2.80 bits per heavy atom. The highest BCUT2D eigenvalue weighted by atomic mass is 79.9. The molecule has 0 spiro atoms. The lowest BCUT2D eigenvalue weighted by Crippen LogP contribution is -2.48. The first-order chi connectivity index (χ1) is 14.6. The van der Waals surface area contributed by atoms with Crippen LogP contribution in [-0.2, 0) is 13.0 Å². The summed E-state index contributed by atoms with van der Waals surface area (Å²) in [6, 6.07) is 14.3. The van der Waals surface area contributed by atoms with E-state index < -0.39 is 0 Å². The first kappa shape index (κ1) is 19.5. The number of hydrogen-bond donors (Lipinski definition) is 0. The normalized spacial score (nSPS) is 16.5. The van der Waals surface area contributed by atoms with Crippen LogP contribution < -0.4 is 4.74 Å². The van der Waals surface area contributed by atoms with Gasteiger partial charge in [-0.15, -0.1) is 0 Å². The number of carbonyl (C=O) groups excluding carboxylic acids is 1. The summed E-state index contributed by atoms with van der Waals surface area (Å²) in [4.78, 5) is 22.3. The number of pyridine rings is 1. The molecule has 5 nitrogen and oxygen atoms in total. The summed E-state index contributed by atoms with van der Waals surface area (Å²) < 4.78 is 6.52. The van der Waals surface area contributed by atoms with E-state index in [1.807, 2.05) is 36.1 Å². The molecule has 1 saturated heterocycles. The van der Waals surface area contributed by atoms with Gasteiger partial charge in [0.15, 0.2) is 0 Å². The molecule has 0 unspecified atom stereocenters. The Balaban J connectivity index is 1.29. The molecule has 0 bridgehead atoms. The summed E-state index contributed by atoms with van der Waals surface area (Å²) in [6.45, 7) is 6.87. The standard InChI is InChI=1S/C24H24BrN3O2/c1-16-13-19(23-20(25)3-2-4-21(23)26-16)24(29)28-10-8-27(9-11-28)15-17-5-6-22-18(14-17)7-12-30-22/h2-6,13-14H,7-12,15H2,1H3. The van der Waals surface area contributed by atoms with E-state index in [9.17, 15) is 4.79 Å². The fraction of sp³-hybridized carbons (Fsp3) is 0.333. The van der Waals surface area contributed by atoms with Gasteiger partial charge in [0, 0.05) is 54.7 Å². The SMILES string of the molecule is Cc1cc(C(=O)N2CCN(Cc3ccc4c(c3)CCO4)CC2)c2c(Br)cccc2n1. The molecule has 6 heteroatoms. The van der Waals surface area contributed by atoms with Crippen LogP contribution in [0.15, 0.2) is 46.9 Å². The number of amides is 1. The molecule has 3 heterocycles. The van der Waals surface area contributed by atoms with Crippen molar-refractivity contribution >= 4 is 32.7 Å². The lowest BCUT2D eigenvalue weighted by Gasteiger charge is -2.35. The monoisotopic (exact) mass is 465 g/mol. The number of benzene rings is 2. The molecule has 2 aromatic carbocycles. The van der Waals surface area contributed by atoms with Crippen molar-refractivity contribution in [3.05, 3.63) is 69.3 Å². The van der Waals surface area contributed by atoms with Crippen LogP contribution in [0.1, 0.15) is 27.2 Å². The summed E-state index contributed by atoms with van der Waals surface area (Å²) in [5.41, 5.74) is 5.08. The summed E-state index contributed by atoms with van der Waals surface area (Å²) in [7, 11) is 0. The molecule has 0 aliphatic carbocycles. The lowest BCUT2D eigenvalue weighted by atomic mass is 10.1. The van der Waals surface area contributed by atoms with Crippen molar-refractivity contribution in [3.63, 3.8) is 0 Å². The van der Waals surface area contributed by atoms with Gasteiger partial charge in [-0.25, -0.2) is 0 Å². The Hall–Kier alpha value is -2.44. The highest BCUT2D eigenvalue weighted by Crippen LogP contribution is 2.29. The topological polar surface area (TPSA) is 45.7 Å². The van der Waals surface area contributed by atoms with Crippen LogP contribution in [0.25, 0.3) is 10.9 Å². The average molecular weight is 466 g/mol. The number of halogens is 1. The van der Waals surface area contributed by atoms with Gasteiger partial charge >= 0.3 is 0 Å². The number of fused-ring (bicyclic) bond motifs is 2. The molecule has 154 valence electrons. The number of aromatic nitrogens is 1. The molecule has 30 heavy (non-hydrogen) atoms. The first-order valence-corrected chi connectivity index (χ1v) is 11.2. The average Bonchev–Trinajstić information content (AvgIpc) is 3.21. The Morgan fingerprint density at radius 1 is 1.13 bits per heavy atom. The quantitative estimate of drug-likeness (QED) is 0.581. The van der Waals surface area contributed by atoms with E-state index in [0.717, 1.165) is 78.1 Å². The van der Waals surface area contributed by atoms with Crippen molar-refractivity contribution in [2.24, 2.45) is 0 Å². The Morgan fingerprint density at radius 2 is 1.97 bits per heavy atom. The maximum atomic E-state index is 13.4. The molecule has 5 rings (SSSR count). The van der Waals surface area contributed by atoms with Crippen LogP contribution in [0.5, 0.6) is 5.75 Å². The van der Waals surface area contributed by atoms with Gasteiger partial charge < -0.3 is 9.64 Å². The molecular weight excluding hydrogens is 442 g/mol. The number of rotatable bonds is 3. The van der Waals surface area contributed by atoms with E-state index in [1.165, 1.54) is 11.1 Å². The third-order valence-corrected chi connectivity index (χ3v) is 6.62. The summed E-state index contributed by atoms with van der Waals surface area (Å²) in [6.07, 6.45) is 1.00. The van der Waals surface area contributed by atoms with Gasteiger partial charge in [-0.1, -0.05) is 34.1 Å². The van der Waals surface area contributed by atoms with Gasteiger partial charge in [0.05, 0.1) is 17.7 Å². The second kappa shape index (κ2) is 8.00. The molecule has 0 saturated carbocycles. The van der Waals surface area contributed by atoms with Crippen LogP contribution in [0, 0.1) is 6.92 Å². The molecule has 2 aliphatic heterocycles. The largest absolute Gasteiger partial charge is 0.493 e. The van der Waals surface area contributed by atoms with Crippen molar-refractivity contribution in [3.8, 4) is 5.75 Å². The fourth-order valence-corrected chi connectivity index (χ4v) is 4.99. The van der Waals surface area contributed by atoms with Crippen LogP contribution >= 0.6 is 15.9 Å². The van der Waals surface area contributed by atoms with E-state index in [2.05, 4.69) is 44.0 Å². The fourth-order valence-electron chi connectivity index (χ4n) is 4.42. The van der Waals surface area contributed by atoms with Gasteiger partial charge in [0.25, 0.3) is 5.91 Å². The molecule has 0 radical (unpaired) electrons. The lowest BCUT2D eigenvalue weighted by molar-refractivity contribution is 0.0630. The van der Waals surface area contributed by atoms with Crippen molar-refractivity contribution < 1.29 is 9.53 Å². The number of hydrogen-bond acceptors (Lipinski definition) is 4. The van der Waals surface area contributed by atoms with Gasteiger partial charge in [-0.2, -0.15) is 0 Å². The molecule has 3 aromatic rings. The molecule has 2 aliphatic rings. The van der Waals surface area contributed by atoms with Gasteiger partial charge in [0.2, 0.25) is 0 Å². The number of aryl methyl sites for hydroxylation is 1. The summed E-state index contributed by atoms with van der Waals surface area (Å²) in [5.74, 6) is 1.12. The molecule has 1 fully saturated rings. The third-order valence-electron chi connectivity index (χ3n) is 5.96. The van der Waals surface area contributed by atoms with Crippen molar-refractivity contribution in [2.45, 2.75) is 19.9 Å². The maximum absolute atomic E-state index is 13.4. The molecule has 1 aromatic heterocycles. The van der Waals surface area contributed by atoms with E-state index in [4.69, 9.17) is 4.74 Å². The molecule has 1 amide bonds. The second-order valence-electron chi connectivity index (χ2n) is 8.05. The minimum absolute atomic E-state index is 0.0896. The predicted octanol–water partition coefficient (Wildman–Crippen LogP) is 4.20. The number of carbonyl (C=O) groups is 1. The Kier molecular flexibility index (Phi) is 5.21. The summed E-state index contributed by atoms with van der Waals surface area (Å²) >= 11 is 3.60. The zero-order valence-corrected chi connectivity index (χ0v) is 18.6. The van der Waals surface area contributed by atoms with Crippen molar-refractivity contribution in [2.75, 3.05) is 32.8 Å². The van der Waals surface area contributed by atoms with E-state index >= 15 is 0 Å². The zero-order chi connectivity index (χ0) is 20.7. The van der Waals surface area contributed by atoms with Crippen LogP contribution in [0.2, 0.25) is 0 Å². The summed E-state index contributed by atoms with van der Waals surface area (Å²) in [5, 5.41) is 0.899. The molecule has 0 N–H and O–H groups in total. The van der Waals surface area contributed by atoms with E-state index in [-0.39, 0.29) is 5.91 Å². The van der Waals surface area contributed by atoms with Gasteiger partial charge in [0.1, 0.15) is 5.75 Å². The van der Waals surface area contributed by atoms with Crippen LogP contribution in [0.4, 0.5) is 0 Å². The highest BCUT2D eigenvalue weighted by Gasteiger charge is 2.25. The van der Waals surface area contributed by atoms with E-state index in [1.54, 1.807) is 0 Å². The first-order valence-electron chi connectivity index (χ1n) is 10.4. The van der Waals surface area contributed by atoms with Crippen LogP contribution in [-0.4, -0.2) is 53.5 Å². The predicted molar refractivity (Wildman–Crippen MR) is 121 cm³/mol. The molecule has 0 atom stereocenters. The maximum Gasteiger partial charge on any atom is 0.254 e. The van der Waals surface area contributed by atoms with Gasteiger partial charge in [-0.05, 0) is 42.3 Å². The number of ether oxygens (including phenoxy) is 1. The Labute approximate surface area is 184 Å². The van der Waals surface area contributed by atoms with Crippen molar-refractivity contribution in [1.29, 1.82) is 0 Å². The van der Waals surface area contributed by atoms with Crippen LogP contribution in [0.3, 0.4) is 0 Å². The number of piperazine rings is 1. The minimum Gasteiger partial charge on any atom is -0.493 e. The van der Waals surface area contributed by atoms with Crippen molar-refractivity contribution in [1.82, 2.24) is 14.8 Å². The zero-order valence-electron chi connectivity index (χ0n) is 17.0.